The van der Waals surface area contributed by atoms with Crippen molar-refractivity contribution in [3.63, 3.8) is 0 Å². The Bertz CT molecular complexity index is 839. The van der Waals surface area contributed by atoms with Crippen LogP contribution in [0.3, 0.4) is 0 Å². The first-order valence-electron chi connectivity index (χ1n) is 9.45. The van der Waals surface area contributed by atoms with Gasteiger partial charge in [-0.3, -0.25) is 14.7 Å². The van der Waals surface area contributed by atoms with Crippen molar-refractivity contribution in [2.24, 2.45) is 0 Å². The number of pyridine rings is 1. The Morgan fingerprint density at radius 2 is 1.93 bits per heavy atom. The number of benzene rings is 1. The molecule has 2 aliphatic heterocycles. The Balaban J connectivity index is 1.64. The second-order valence-electron chi connectivity index (χ2n) is 7.22. The van der Waals surface area contributed by atoms with E-state index in [2.05, 4.69) is 23.3 Å². The first-order chi connectivity index (χ1) is 13.1. The van der Waals surface area contributed by atoms with Crippen LogP contribution < -0.4 is 5.32 Å². The van der Waals surface area contributed by atoms with Gasteiger partial charge in [0.05, 0.1) is 18.3 Å². The molecule has 6 nitrogen and oxygen atoms in total. The molecule has 0 radical (unpaired) electrons. The predicted octanol–water partition coefficient (Wildman–Crippen LogP) is 2.48. The molecule has 0 bridgehead atoms. The van der Waals surface area contributed by atoms with E-state index in [1.54, 1.807) is 6.20 Å². The number of aromatic nitrogens is 1. The highest BCUT2D eigenvalue weighted by Crippen LogP contribution is 2.27. The zero-order chi connectivity index (χ0) is 18.8. The number of nitrogens with zero attached hydrogens (tertiary/aromatic N) is 3. The van der Waals surface area contributed by atoms with Crippen molar-refractivity contribution in [2.75, 3.05) is 6.54 Å². The Labute approximate surface area is 159 Å². The van der Waals surface area contributed by atoms with Gasteiger partial charge in [-0.1, -0.05) is 30.3 Å². The number of carbonyl (C=O) groups is 2. The van der Waals surface area contributed by atoms with Crippen molar-refractivity contribution in [2.45, 2.75) is 44.9 Å². The maximum absolute atomic E-state index is 13.3. The van der Waals surface area contributed by atoms with Crippen LogP contribution in [0.4, 0.5) is 4.79 Å². The van der Waals surface area contributed by atoms with E-state index in [0.717, 1.165) is 30.5 Å². The minimum atomic E-state index is -0.343. The fourth-order valence-corrected chi connectivity index (χ4v) is 3.97. The summed E-state index contributed by atoms with van der Waals surface area (Å²) in [4.78, 5) is 33.8. The molecule has 1 N–H and O–H groups in total. The van der Waals surface area contributed by atoms with Crippen LogP contribution in [-0.4, -0.2) is 45.4 Å². The lowest BCUT2D eigenvalue weighted by atomic mass is 9.92. The van der Waals surface area contributed by atoms with Crippen LogP contribution in [0.2, 0.25) is 0 Å². The van der Waals surface area contributed by atoms with E-state index < -0.39 is 0 Å². The summed E-state index contributed by atoms with van der Waals surface area (Å²) in [6, 6.07) is 13.0. The van der Waals surface area contributed by atoms with Crippen LogP contribution in [-0.2, 0) is 17.9 Å². The smallest absolute Gasteiger partial charge is 0.315 e. The highest BCUT2D eigenvalue weighted by molar-refractivity contribution is 6.00. The number of aryl methyl sites for hydroxylation is 1. The van der Waals surface area contributed by atoms with E-state index in [-0.39, 0.29) is 30.6 Å². The van der Waals surface area contributed by atoms with Crippen LogP contribution in [0.25, 0.3) is 0 Å². The Morgan fingerprint density at radius 3 is 2.70 bits per heavy atom. The van der Waals surface area contributed by atoms with Gasteiger partial charge in [0.1, 0.15) is 6.04 Å². The predicted molar refractivity (Wildman–Crippen MR) is 102 cm³/mol. The molecular weight excluding hydrogens is 340 g/mol. The SMILES string of the molecule is Cc1ccccc1CN1C(=O)N(Cc2ccccn2)C(=O)C2NCCCC21. The third kappa shape index (κ3) is 3.45. The summed E-state index contributed by atoms with van der Waals surface area (Å²) < 4.78 is 0. The molecule has 27 heavy (non-hydrogen) atoms. The number of nitrogens with one attached hydrogen (secondary N) is 1. The molecule has 2 fully saturated rings. The van der Waals surface area contributed by atoms with Gasteiger partial charge in [0.15, 0.2) is 0 Å². The minimum absolute atomic E-state index is 0.0988. The second kappa shape index (κ2) is 7.48. The maximum atomic E-state index is 13.3. The lowest BCUT2D eigenvalue weighted by Crippen LogP contribution is -2.69. The average Bonchev–Trinajstić information content (AvgIpc) is 2.70. The molecule has 2 unspecified atom stereocenters. The Hall–Kier alpha value is -2.73. The zero-order valence-electron chi connectivity index (χ0n) is 15.5. The molecule has 0 aliphatic carbocycles. The van der Waals surface area contributed by atoms with Gasteiger partial charge in [-0.25, -0.2) is 4.79 Å². The highest BCUT2D eigenvalue weighted by Gasteiger charge is 2.47. The number of fused-ring (bicyclic) bond motifs is 1. The monoisotopic (exact) mass is 364 g/mol. The van der Waals surface area contributed by atoms with E-state index >= 15 is 0 Å². The van der Waals surface area contributed by atoms with Gasteiger partial charge in [0, 0.05) is 12.7 Å². The number of carbonyl (C=O) groups excluding carboxylic acids is 2. The van der Waals surface area contributed by atoms with E-state index in [0.29, 0.717) is 12.2 Å². The zero-order valence-corrected chi connectivity index (χ0v) is 15.5. The van der Waals surface area contributed by atoms with Crippen molar-refractivity contribution >= 4 is 11.9 Å². The number of amides is 3. The van der Waals surface area contributed by atoms with Gasteiger partial charge in [0.2, 0.25) is 5.91 Å². The maximum Gasteiger partial charge on any atom is 0.327 e. The summed E-state index contributed by atoms with van der Waals surface area (Å²) in [6.07, 6.45) is 3.49. The quantitative estimate of drug-likeness (QED) is 0.905. The van der Waals surface area contributed by atoms with Gasteiger partial charge in [0.25, 0.3) is 0 Å². The molecule has 3 amide bonds. The van der Waals surface area contributed by atoms with Gasteiger partial charge < -0.3 is 10.2 Å². The summed E-state index contributed by atoms with van der Waals surface area (Å²) in [5.74, 6) is -0.142. The summed E-state index contributed by atoms with van der Waals surface area (Å²) >= 11 is 0. The number of hydrogen-bond donors (Lipinski definition) is 1. The third-order valence-corrected chi connectivity index (χ3v) is 5.48. The van der Waals surface area contributed by atoms with E-state index in [4.69, 9.17) is 0 Å². The number of imide groups is 1. The lowest BCUT2D eigenvalue weighted by molar-refractivity contribution is -0.137. The molecule has 2 atom stereocenters. The second-order valence-corrected chi connectivity index (χ2v) is 7.22. The van der Waals surface area contributed by atoms with E-state index in [1.165, 1.54) is 4.90 Å². The standard InChI is InChI=1S/C21H24N4O2/c1-15-7-2-3-8-16(15)13-24-18-10-6-12-23-19(18)20(26)25(21(24)27)14-17-9-4-5-11-22-17/h2-5,7-9,11,18-19,23H,6,10,12-14H2,1H3. The van der Waals surface area contributed by atoms with Crippen LogP contribution >= 0.6 is 0 Å². The number of urea groups is 1. The van der Waals surface area contributed by atoms with Crippen LogP contribution in [0.1, 0.15) is 29.7 Å². The summed E-state index contributed by atoms with van der Waals surface area (Å²) in [6.45, 7) is 3.57. The average molecular weight is 364 g/mol. The molecule has 0 saturated carbocycles. The Morgan fingerprint density at radius 1 is 1.11 bits per heavy atom. The van der Waals surface area contributed by atoms with E-state index in [9.17, 15) is 9.59 Å². The van der Waals surface area contributed by atoms with Crippen molar-refractivity contribution in [1.82, 2.24) is 20.1 Å². The first kappa shape index (κ1) is 17.7. The van der Waals surface area contributed by atoms with E-state index in [1.807, 2.05) is 41.3 Å². The third-order valence-electron chi connectivity index (χ3n) is 5.48. The van der Waals surface area contributed by atoms with Crippen LogP contribution in [0.15, 0.2) is 48.7 Å². The normalized spacial score (nSPS) is 22.7. The molecule has 2 aliphatic rings. The Kier molecular flexibility index (Phi) is 4.90. The topological polar surface area (TPSA) is 65.5 Å². The first-order valence-corrected chi connectivity index (χ1v) is 9.45. The van der Waals surface area contributed by atoms with Gasteiger partial charge in [-0.2, -0.15) is 0 Å². The number of hydrogen-bond acceptors (Lipinski definition) is 4. The van der Waals surface area contributed by atoms with Crippen molar-refractivity contribution in [1.29, 1.82) is 0 Å². The van der Waals surface area contributed by atoms with Crippen LogP contribution in [0, 0.1) is 6.92 Å². The molecule has 0 spiro atoms. The molecule has 2 aromatic rings. The largest absolute Gasteiger partial charge is 0.327 e. The van der Waals surface area contributed by atoms with Crippen molar-refractivity contribution < 1.29 is 9.59 Å². The molecule has 3 heterocycles. The fraction of sp³-hybridized carbons (Fsp3) is 0.381. The van der Waals surface area contributed by atoms with Gasteiger partial charge >= 0.3 is 6.03 Å². The molecular formula is C21H24N4O2. The molecule has 6 heteroatoms. The van der Waals surface area contributed by atoms with Crippen molar-refractivity contribution in [3.05, 3.63) is 65.5 Å². The summed E-state index contributed by atoms with van der Waals surface area (Å²) in [5, 5.41) is 3.33. The summed E-state index contributed by atoms with van der Waals surface area (Å²) in [7, 11) is 0. The minimum Gasteiger partial charge on any atom is -0.315 e. The molecule has 1 aromatic carbocycles. The van der Waals surface area contributed by atoms with Gasteiger partial charge in [-0.05, 0) is 49.6 Å². The van der Waals surface area contributed by atoms with Crippen LogP contribution in [0.5, 0.6) is 0 Å². The van der Waals surface area contributed by atoms with Gasteiger partial charge in [-0.15, -0.1) is 0 Å². The fourth-order valence-electron chi connectivity index (χ4n) is 3.97. The lowest BCUT2D eigenvalue weighted by Gasteiger charge is -2.47. The number of piperidine rings is 1. The highest BCUT2D eigenvalue weighted by atomic mass is 16.2. The number of rotatable bonds is 4. The molecule has 4 rings (SSSR count). The van der Waals surface area contributed by atoms with Crippen molar-refractivity contribution in [3.8, 4) is 0 Å². The molecule has 140 valence electrons. The molecule has 2 saturated heterocycles. The summed E-state index contributed by atoms with van der Waals surface area (Å²) in [5.41, 5.74) is 2.98. The molecule has 1 aromatic heterocycles.